The maximum absolute atomic E-state index is 9.50. The normalized spacial score (nSPS) is 28.7. The van der Waals surface area contributed by atoms with Gasteiger partial charge in [0.15, 0.2) is 0 Å². The lowest BCUT2D eigenvalue weighted by Gasteiger charge is -2.27. The summed E-state index contributed by atoms with van der Waals surface area (Å²) in [6.07, 6.45) is 1.58. The lowest BCUT2D eigenvalue weighted by molar-refractivity contribution is 0.117. The van der Waals surface area contributed by atoms with Crippen LogP contribution < -0.4 is 5.32 Å². The molecule has 0 spiro atoms. The monoisotopic (exact) mass is 177 g/mol. The zero-order valence-electron chi connectivity index (χ0n) is 7.61. The van der Waals surface area contributed by atoms with Crippen molar-refractivity contribution in [3.05, 3.63) is 35.9 Å². The highest BCUT2D eigenvalue weighted by Gasteiger charge is 2.20. The molecule has 0 radical (unpaired) electrons. The van der Waals surface area contributed by atoms with E-state index in [-0.39, 0.29) is 6.10 Å². The number of hydrogen-bond acceptors (Lipinski definition) is 2. The molecule has 1 saturated heterocycles. The molecule has 2 atom stereocenters. The fourth-order valence-electron chi connectivity index (χ4n) is 1.84. The van der Waals surface area contributed by atoms with E-state index in [0.29, 0.717) is 6.04 Å². The summed E-state index contributed by atoms with van der Waals surface area (Å²) < 4.78 is 0. The Balaban J connectivity index is 2.08. The van der Waals surface area contributed by atoms with Gasteiger partial charge in [-0.3, -0.25) is 0 Å². The summed E-state index contributed by atoms with van der Waals surface area (Å²) in [5, 5.41) is 12.9. The molecule has 1 aromatic rings. The highest BCUT2D eigenvalue weighted by molar-refractivity contribution is 5.19. The average Bonchev–Trinajstić information content (AvgIpc) is 2.19. The Morgan fingerprint density at radius 3 is 2.69 bits per heavy atom. The molecule has 1 aliphatic heterocycles. The van der Waals surface area contributed by atoms with Crippen molar-refractivity contribution in [2.75, 3.05) is 6.54 Å². The molecule has 0 unspecified atom stereocenters. The van der Waals surface area contributed by atoms with Crippen molar-refractivity contribution >= 4 is 0 Å². The zero-order valence-corrected chi connectivity index (χ0v) is 7.61. The highest BCUT2D eigenvalue weighted by atomic mass is 16.3. The van der Waals surface area contributed by atoms with Crippen LogP contribution >= 0.6 is 0 Å². The maximum atomic E-state index is 9.50. The SMILES string of the molecule is O[C@H]1CCN[C@H](c2ccccc2)C1. The molecule has 2 heteroatoms. The molecule has 1 aliphatic rings. The Morgan fingerprint density at radius 2 is 2.00 bits per heavy atom. The Bertz CT molecular complexity index is 260. The van der Waals surface area contributed by atoms with Crippen LogP contribution in [0, 0.1) is 0 Å². The largest absolute Gasteiger partial charge is 0.393 e. The summed E-state index contributed by atoms with van der Waals surface area (Å²) >= 11 is 0. The van der Waals surface area contributed by atoms with E-state index in [1.807, 2.05) is 18.2 Å². The van der Waals surface area contributed by atoms with Gasteiger partial charge < -0.3 is 10.4 Å². The Morgan fingerprint density at radius 1 is 1.23 bits per heavy atom. The average molecular weight is 177 g/mol. The molecule has 70 valence electrons. The molecule has 13 heavy (non-hydrogen) atoms. The summed E-state index contributed by atoms with van der Waals surface area (Å²) in [4.78, 5) is 0. The second-order valence-electron chi connectivity index (χ2n) is 3.60. The lowest BCUT2D eigenvalue weighted by Crippen LogP contribution is -2.34. The number of aliphatic hydroxyl groups excluding tert-OH is 1. The van der Waals surface area contributed by atoms with Crippen LogP contribution in [0.5, 0.6) is 0 Å². The van der Waals surface area contributed by atoms with Crippen LogP contribution in [0.3, 0.4) is 0 Å². The Hall–Kier alpha value is -0.860. The molecule has 2 nitrogen and oxygen atoms in total. The van der Waals surface area contributed by atoms with Crippen molar-refractivity contribution in [1.29, 1.82) is 0 Å². The van der Waals surface area contributed by atoms with Gasteiger partial charge in [-0.2, -0.15) is 0 Å². The third-order valence-corrected chi connectivity index (χ3v) is 2.58. The van der Waals surface area contributed by atoms with E-state index in [1.54, 1.807) is 0 Å². The Kier molecular flexibility index (Phi) is 2.62. The van der Waals surface area contributed by atoms with E-state index >= 15 is 0 Å². The minimum atomic E-state index is -0.133. The van der Waals surface area contributed by atoms with Crippen LogP contribution in [0.1, 0.15) is 24.4 Å². The minimum absolute atomic E-state index is 0.133. The van der Waals surface area contributed by atoms with Gasteiger partial charge in [0.05, 0.1) is 6.10 Å². The van der Waals surface area contributed by atoms with Crippen molar-refractivity contribution in [1.82, 2.24) is 5.32 Å². The number of hydrogen-bond donors (Lipinski definition) is 2. The molecule has 2 rings (SSSR count). The van der Waals surface area contributed by atoms with E-state index in [2.05, 4.69) is 17.4 Å². The third-order valence-electron chi connectivity index (χ3n) is 2.58. The second kappa shape index (κ2) is 3.90. The smallest absolute Gasteiger partial charge is 0.0570 e. The summed E-state index contributed by atoms with van der Waals surface area (Å²) in [5.41, 5.74) is 1.28. The maximum Gasteiger partial charge on any atom is 0.0570 e. The first kappa shape index (κ1) is 8.73. The molecular formula is C11H15NO. The van der Waals surface area contributed by atoms with E-state index in [9.17, 15) is 5.11 Å². The van der Waals surface area contributed by atoms with Crippen LogP contribution in [-0.2, 0) is 0 Å². The fraction of sp³-hybridized carbons (Fsp3) is 0.455. The molecule has 0 amide bonds. The molecule has 2 N–H and O–H groups in total. The molecule has 0 aromatic heterocycles. The van der Waals surface area contributed by atoms with Crippen LogP contribution in [0.25, 0.3) is 0 Å². The third kappa shape index (κ3) is 2.08. The summed E-state index contributed by atoms with van der Waals surface area (Å²) in [7, 11) is 0. The summed E-state index contributed by atoms with van der Waals surface area (Å²) in [5.74, 6) is 0. The minimum Gasteiger partial charge on any atom is -0.393 e. The van der Waals surface area contributed by atoms with Crippen molar-refractivity contribution in [3.63, 3.8) is 0 Å². The van der Waals surface area contributed by atoms with Crippen LogP contribution in [0.2, 0.25) is 0 Å². The van der Waals surface area contributed by atoms with Crippen LogP contribution in [-0.4, -0.2) is 17.8 Å². The summed E-state index contributed by atoms with van der Waals surface area (Å²) in [6.45, 7) is 0.917. The number of piperidine rings is 1. The molecule has 0 saturated carbocycles. The van der Waals surface area contributed by atoms with E-state index in [0.717, 1.165) is 19.4 Å². The molecule has 0 bridgehead atoms. The standard InChI is InChI=1S/C11H15NO/c13-10-6-7-12-11(8-10)9-4-2-1-3-5-9/h1-5,10-13H,6-8H2/t10-,11-/m0/s1. The van der Waals surface area contributed by atoms with Crippen molar-refractivity contribution in [2.24, 2.45) is 0 Å². The van der Waals surface area contributed by atoms with Crippen molar-refractivity contribution in [3.8, 4) is 0 Å². The van der Waals surface area contributed by atoms with E-state index in [4.69, 9.17) is 0 Å². The predicted octanol–water partition coefficient (Wildman–Crippen LogP) is 1.47. The topological polar surface area (TPSA) is 32.3 Å². The zero-order chi connectivity index (χ0) is 9.10. The first-order valence-corrected chi connectivity index (χ1v) is 4.82. The fourth-order valence-corrected chi connectivity index (χ4v) is 1.84. The molecule has 1 fully saturated rings. The van der Waals surface area contributed by atoms with Crippen molar-refractivity contribution in [2.45, 2.75) is 25.0 Å². The van der Waals surface area contributed by atoms with Gasteiger partial charge in [0.2, 0.25) is 0 Å². The van der Waals surface area contributed by atoms with Gasteiger partial charge in [0.25, 0.3) is 0 Å². The first-order valence-electron chi connectivity index (χ1n) is 4.82. The number of nitrogens with one attached hydrogen (secondary N) is 1. The summed E-state index contributed by atoms with van der Waals surface area (Å²) in [6, 6.07) is 10.6. The quantitative estimate of drug-likeness (QED) is 0.681. The number of benzene rings is 1. The number of aliphatic hydroxyl groups is 1. The van der Waals surface area contributed by atoms with Gasteiger partial charge in [-0.25, -0.2) is 0 Å². The van der Waals surface area contributed by atoms with Crippen LogP contribution in [0.4, 0.5) is 0 Å². The van der Waals surface area contributed by atoms with Crippen LogP contribution in [0.15, 0.2) is 30.3 Å². The van der Waals surface area contributed by atoms with E-state index in [1.165, 1.54) is 5.56 Å². The number of rotatable bonds is 1. The highest BCUT2D eigenvalue weighted by Crippen LogP contribution is 2.22. The van der Waals surface area contributed by atoms with Gasteiger partial charge in [-0.05, 0) is 24.9 Å². The molecule has 1 heterocycles. The van der Waals surface area contributed by atoms with Gasteiger partial charge in [-0.15, -0.1) is 0 Å². The van der Waals surface area contributed by atoms with Gasteiger partial charge in [0.1, 0.15) is 0 Å². The van der Waals surface area contributed by atoms with Gasteiger partial charge in [-0.1, -0.05) is 30.3 Å². The van der Waals surface area contributed by atoms with Gasteiger partial charge in [0, 0.05) is 6.04 Å². The Labute approximate surface area is 78.6 Å². The van der Waals surface area contributed by atoms with E-state index < -0.39 is 0 Å². The molecular weight excluding hydrogens is 162 g/mol. The second-order valence-corrected chi connectivity index (χ2v) is 3.60. The van der Waals surface area contributed by atoms with Gasteiger partial charge >= 0.3 is 0 Å². The molecule has 1 aromatic carbocycles. The predicted molar refractivity (Wildman–Crippen MR) is 52.4 cm³/mol. The lowest BCUT2D eigenvalue weighted by atomic mass is 9.96. The molecule has 0 aliphatic carbocycles. The first-order chi connectivity index (χ1) is 6.36. The van der Waals surface area contributed by atoms with Crippen molar-refractivity contribution < 1.29 is 5.11 Å².